The van der Waals surface area contributed by atoms with Gasteiger partial charge in [0, 0.05) is 19.5 Å². The van der Waals surface area contributed by atoms with Gasteiger partial charge in [-0.15, -0.1) is 0 Å². The number of anilines is 2. The number of phenolic OH excluding ortho intramolecular Hbond substituents is 1. The van der Waals surface area contributed by atoms with E-state index in [0.29, 0.717) is 29.1 Å². The summed E-state index contributed by atoms with van der Waals surface area (Å²) in [6.45, 7) is 3.84. The van der Waals surface area contributed by atoms with Gasteiger partial charge in [-0.3, -0.25) is 9.69 Å². The van der Waals surface area contributed by atoms with E-state index in [2.05, 4.69) is 36.1 Å². The molecule has 1 saturated heterocycles. The molecule has 1 unspecified atom stereocenters. The number of esters is 1. The quantitative estimate of drug-likeness (QED) is 0.174. The number of methoxy groups -OCH3 is 1. The molecule has 9 nitrogen and oxygen atoms in total. The highest BCUT2D eigenvalue weighted by Crippen LogP contribution is 2.45. The van der Waals surface area contributed by atoms with Crippen molar-refractivity contribution < 1.29 is 28.5 Å². The van der Waals surface area contributed by atoms with Gasteiger partial charge in [-0.1, -0.05) is 12.1 Å². The molecule has 1 atom stereocenters. The number of hydrogen-bond acceptors (Lipinski definition) is 9. The van der Waals surface area contributed by atoms with Crippen molar-refractivity contribution in [1.29, 1.82) is 0 Å². The number of hydrogen-bond donors (Lipinski definition) is 2. The van der Waals surface area contributed by atoms with Crippen molar-refractivity contribution in [1.82, 2.24) is 14.9 Å². The van der Waals surface area contributed by atoms with E-state index in [0.717, 1.165) is 25.9 Å². The van der Waals surface area contributed by atoms with Crippen molar-refractivity contribution in [3.8, 4) is 17.2 Å². The Morgan fingerprint density at radius 2 is 2.03 bits per heavy atom. The van der Waals surface area contributed by atoms with Gasteiger partial charge in [-0.05, 0) is 54.0 Å². The summed E-state index contributed by atoms with van der Waals surface area (Å²) in [5.74, 6) is 0.165. The van der Waals surface area contributed by atoms with Crippen LogP contribution in [0.4, 0.5) is 15.8 Å². The maximum atomic E-state index is 14.1. The van der Waals surface area contributed by atoms with Crippen LogP contribution in [0.3, 0.4) is 0 Å². The molecule has 0 bridgehead atoms. The minimum atomic E-state index is -0.916. The topological polar surface area (TPSA) is 106 Å². The smallest absolute Gasteiger partial charge is 0.310 e. The van der Waals surface area contributed by atoms with Crippen LogP contribution in [-0.4, -0.2) is 65.4 Å². The number of aromatic nitrogens is 2. The van der Waals surface area contributed by atoms with Crippen LogP contribution in [0.5, 0.6) is 17.2 Å². The van der Waals surface area contributed by atoms with Gasteiger partial charge in [-0.2, -0.15) is 9.37 Å². The van der Waals surface area contributed by atoms with Gasteiger partial charge in [0.05, 0.1) is 29.4 Å². The van der Waals surface area contributed by atoms with Crippen molar-refractivity contribution in [2.24, 2.45) is 0 Å². The lowest BCUT2D eigenvalue weighted by molar-refractivity contribution is -0.148. The summed E-state index contributed by atoms with van der Waals surface area (Å²) >= 11 is 3.30. The number of nitrogens with one attached hydrogen (secondary N) is 1. The molecule has 3 aromatic rings. The average molecular weight is 549 g/mol. The number of rotatable bonds is 9. The molecule has 186 valence electrons. The Bertz CT molecular complexity index is 1220. The van der Waals surface area contributed by atoms with Crippen molar-refractivity contribution in [3.05, 3.63) is 41.0 Å². The van der Waals surface area contributed by atoms with Crippen molar-refractivity contribution in [2.75, 3.05) is 38.7 Å². The standard InChI is InChI=1S/C24H26BrFN4O5/c1-14(31)35-15(12-30-9-5-6-10-30)13-34-19-11-17-20(23(25)29-24(26)28-17)21(22(19)33-2)27-16-7-3-4-8-18(16)32/h3-4,7-8,11,15,27,32H,5-6,9-10,12-13H2,1-2H3. The molecule has 1 aromatic heterocycles. The van der Waals surface area contributed by atoms with E-state index in [1.807, 2.05) is 0 Å². The third-order valence-corrected chi connectivity index (χ3v) is 6.19. The number of para-hydroxylation sites is 2. The van der Waals surface area contributed by atoms with Gasteiger partial charge in [0.1, 0.15) is 23.1 Å². The summed E-state index contributed by atoms with van der Waals surface area (Å²) in [5, 5.41) is 13.9. The predicted molar refractivity (Wildman–Crippen MR) is 132 cm³/mol. The maximum Gasteiger partial charge on any atom is 0.310 e. The first-order chi connectivity index (χ1) is 16.9. The van der Waals surface area contributed by atoms with Crippen LogP contribution < -0.4 is 14.8 Å². The lowest BCUT2D eigenvalue weighted by Gasteiger charge is -2.24. The Labute approximate surface area is 210 Å². The second-order valence-corrected chi connectivity index (χ2v) is 8.90. The van der Waals surface area contributed by atoms with Crippen LogP contribution in [0.1, 0.15) is 19.8 Å². The number of carbonyl (C=O) groups is 1. The molecule has 0 spiro atoms. The fourth-order valence-electron chi connectivity index (χ4n) is 4.12. The number of fused-ring (bicyclic) bond motifs is 1. The van der Waals surface area contributed by atoms with Crippen molar-refractivity contribution >= 4 is 44.2 Å². The molecular formula is C24H26BrFN4O5. The summed E-state index contributed by atoms with van der Waals surface area (Å²) < 4.78 is 31.5. The van der Waals surface area contributed by atoms with E-state index >= 15 is 0 Å². The van der Waals surface area contributed by atoms with E-state index in [4.69, 9.17) is 14.2 Å². The third-order valence-electron chi connectivity index (χ3n) is 5.62. The number of ether oxygens (including phenoxy) is 3. The minimum Gasteiger partial charge on any atom is -0.506 e. The van der Waals surface area contributed by atoms with Gasteiger partial charge in [-0.25, -0.2) is 4.98 Å². The molecule has 0 radical (unpaired) electrons. The first-order valence-corrected chi connectivity index (χ1v) is 12.0. The summed E-state index contributed by atoms with van der Waals surface area (Å²) in [5.41, 5.74) is 1.02. The number of nitrogens with zero attached hydrogens (tertiary/aromatic N) is 3. The zero-order valence-electron chi connectivity index (χ0n) is 19.4. The fourth-order valence-corrected chi connectivity index (χ4v) is 4.67. The Balaban J connectivity index is 1.72. The number of likely N-dealkylation sites (tertiary alicyclic amines) is 1. The summed E-state index contributed by atoms with van der Waals surface area (Å²) in [7, 11) is 1.47. The summed E-state index contributed by atoms with van der Waals surface area (Å²) in [6.07, 6.45) is 0.789. The normalized spacial score (nSPS) is 14.6. The number of aromatic hydroxyl groups is 1. The molecule has 0 aliphatic carbocycles. The van der Waals surface area contributed by atoms with E-state index in [1.54, 1.807) is 24.3 Å². The van der Waals surface area contributed by atoms with E-state index in [-0.39, 0.29) is 28.2 Å². The van der Waals surface area contributed by atoms with Crippen LogP contribution in [0, 0.1) is 6.08 Å². The molecule has 2 N–H and O–H groups in total. The van der Waals surface area contributed by atoms with E-state index < -0.39 is 18.2 Å². The molecule has 11 heteroatoms. The SMILES string of the molecule is COc1c(OCC(CN2CCCC2)OC(C)=O)cc2nc(F)nc(Br)c2c1Nc1ccccc1O. The molecule has 4 rings (SSSR count). The third kappa shape index (κ3) is 5.91. The van der Waals surface area contributed by atoms with Crippen LogP contribution in [0.25, 0.3) is 10.9 Å². The lowest BCUT2D eigenvalue weighted by atomic mass is 10.1. The molecule has 1 aliphatic heterocycles. The highest BCUT2D eigenvalue weighted by Gasteiger charge is 2.24. The Hall–Kier alpha value is -3.18. The highest BCUT2D eigenvalue weighted by molar-refractivity contribution is 9.10. The molecular weight excluding hydrogens is 523 g/mol. The molecule has 1 fully saturated rings. The Kier molecular flexibility index (Phi) is 7.86. The lowest BCUT2D eigenvalue weighted by Crippen LogP contribution is -2.37. The summed E-state index contributed by atoms with van der Waals surface area (Å²) in [4.78, 5) is 21.6. The van der Waals surface area contributed by atoms with Gasteiger partial charge < -0.3 is 24.6 Å². The molecule has 0 saturated carbocycles. The van der Waals surface area contributed by atoms with Crippen LogP contribution >= 0.6 is 15.9 Å². The molecule has 0 amide bonds. The Morgan fingerprint density at radius 3 is 2.71 bits per heavy atom. The zero-order valence-corrected chi connectivity index (χ0v) is 21.0. The average Bonchev–Trinajstić information content (AvgIpc) is 3.31. The molecule has 1 aliphatic rings. The van der Waals surface area contributed by atoms with Crippen LogP contribution in [-0.2, 0) is 9.53 Å². The number of benzene rings is 2. The fraction of sp³-hybridized carbons (Fsp3) is 0.375. The number of phenols is 1. The minimum absolute atomic E-state index is 0.00807. The zero-order chi connectivity index (χ0) is 24.9. The van der Waals surface area contributed by atoms with Gasteiger partial charge in [0.25, 0.3) is 0 Å². The van der Waals surface area contributed by atoms with Crippen LogP contribution in [0.15, 0.2) is 34.9 Å². The molecule has 2 aromatic carbocycles. The monoisotopic (exact) mass is 548 g/mol. The van der Waals surface area contributed by atoms with E-state index in [9.17, 15) is 14.3 Å². The van der Waals surface area contributed by atoms with Gasteiger partial charge in [0.2, 0.25) is 0 Å². The predicted octanol–water partition coefficient (Wildman–Crippen LogP) is 4.40. The second-order valence-electron chi connectivity index (χ2n) is 8.15. The molecule has 35 heavy (non-hydrogen) atoms. The van der Waals surface area contributed by atoms with Gasteiger partial charge >= 0.3 is 12.0 Å². The van der Waals surface area contributed by atoms with Crippen molar-refractivity contribution in [3.63, 3.8) is 0 Å². The van der Waals surface area contributed by atoms with Gasteiger partial charge in [0.15, 0.2) is 11.5 Å². The number of carbonyl (C=O) groups excluding carboxylic acids is 1. The van der Waals surface area contributed by atoms with Crippen molar-refractivity contribution in [2.45, 2.75) is 25.9 Å². The largest absolute Gasteiger partial charge is 0.506 e. The van der Waals surface area contributed by atoms with Crippen LogP contribution in [0.2, 0.25) is 0 Å². The Morgan fingerprint density at radius 1 is 1.29 bits per heavy atom. The maximum absolute atomic E-state index is 14.1. The first-order valence-electron chi connectivity index (χ1n) is 11.2. The first kappa shape index (κ1) is 24.9. The second kappa shape index (κ2) is 11.0. The summed E-state index contributed by atoms with van der Waals surface area (Å²) in [6, 6.07) is 8.20. The number of halogens is 2. The molecule has 2 heterocycles. The highest BCUT2D eigenvalue weighted by atomic mass is 79.9. The van der Waals surface area contributed by atoms with E-state index in [1.165, 1.54) is 20.1 Å².